The van der Waals surface area contributed by atoms with Crippen molar-refractivity contribution in [3.05, 3.63) is 76.7 Å². The number of hydrogen-bond acceptors (Lipinski definition) is 4. The van der Waals surface area contributed by atoms with E-state index in [1.807, 2.05) is 63.1 Å². The number of nitrogens with one attached hydrogen (secondary N) is 1. The number of aromatic nitrogens is 4. The number of hydrogen-bond donors (Lipinski definition) is 1. The Morgan fingerprint density at radius 3 is 2.45 bits per heavy atom. The number of rotatable bonds is 4. The summed E-state index contributed by atoms with van der Waals surface area (Å²) in [6, 6.07) is 18.6. The van der Waals surface area contributed by atoms with Gasteiger partial charge < -0.3 is 4.90 Å². The van der Waals surface area contributed by atoms with E-state index in [-0.39, 0.29) is 11.1 Å². The van der Waals surface area contributed by atoms with Crippen LogP contribution in [0.25, 0.3) is 22.2 Å². The van der Waals surface area contributed by atoms with E-state index in [4.69, 9.17) is 4.98 Å². The predicted octanol–water partition coefficient (Wildman–Crippen LogP) is 4.18. The van der Waals surface area contributed by atoms with Gasteiger partial charge in [-0.05, 0) is 37.5 Å². The lowest BCUT2D eigenvalue weighted by atomic mass is 9.99. The molecule has 6 nitrogen and oxygen atoms in total. The van der Waals surface area contributed by atoms with Crippen molar-refractivity contribution in [3.63, 3.8) is 0 Å². The largest absolute Gasteiger partial charge is 0.341 e. The third-order valence-electron chi connectivity index (χ3n) is 4.93. The van der Waals surface area contributed by atoms with E-state index in [0.717, 1.165) is 5.56 Å². The van der Waals surface area contributed by atoms with Crippen LogP contribution < -0.4 is 10.5 Å². The maximum absolute atomic E-state index is 12.6. The molecule has 2 heterocycles. The highest BCUT2D eigenvalue weighted by atomic mass is 16.1. The summed E-state index contributed by atoms with van der Waals surface area (Å²) >= 11 is 0. The lowest BCUT2D eigenvalue weighted by molar-refractivity contribution is 0.366. The maximum Gasteiger partial charge on any atom is 0.263 e. The van der Waals surface area contributed by atoms with Gasteiger partial charge in [0.05, 0.1) is 11.7 Å². The summed E-state index contributed by atoms with van der Waals surface area (Å²) in [4.78, 5) is 22.2. The second kappa shape index (κ2) is 7.20. The molecule has 1 N–H and O–H groups in total. The van der Waals surface area contributed by atoms with Crippen molar-refractivity contribution < 1.29 is 0 Å². The lowest BCUT2D eigenvalue weighted by Gasteiger charge is -2.22. The van der Waals surface area contributed by atoms with Gasteiger partial charge in [0, 0.05) is 13.6 Å². The van der Waals surface area contributed by atoms with Crippen LogP contribution in [-0.4, -0.2) is 26.8 Å². The Morgan fingerprint density at radius 1 is 1.03 bits per heavy atom. The standard InChI is InChI=1S/C23H25N5O/c1-23(2,3)28-20-19(14-24-28)21(29)26-22(25-20)27(4)15-17-12-8-9-13-18(17)16-10-6-5-7-11-16/h5-14H,15H2,1-4H3,(H,25,26,29). The minimum absolute atomic E-state index is 0.177. The summed E-state index contributed by atoms with van der Waals surface area (Å²) in [7, 11) is 1.93. The number of anilines is 1. The number of benzene rings is 2. The highest BCUT2D eigenvalue weighted by molar-refractivity contribution is 5.75. The Morgan fingerprint density at radius 2 is 1.72 bits per heavy atom. The molecule has 0 fully saturated rings. The molecule has 2 aromatic carbocycles. The molecule has 0 aliphatic carbocycles. The molecule has 2 aromatic heterocycles. The summed E-state index contributed by atoms with van der Waals surface area (Å²) in [5.74, 6) is 0.524. The molecule has 0 saturated heterocycles. The third kappa shape index (κ3) is 3.66. The highest BCUT2D eigenvalue weighted by Gasteiger charge is 2.20. The van der Waals surface area contributed by atoms with Crippen molar-refractivity contribution in [2.75, 3.05) is 11.9 Å². The summed E-state index contributed by atoms with van der Waals surface area (Å²) in [5, 5.41) is 4.88. The van der Waals surface area contributed by atoms with Crippen molar-refractivity contribution in [1.82, 2.24) is 19.7 Å². The average molecular weight is 387 g/mol. The fraction of sp³-hybridized carbons (Fsp3) is 0.261. The molecule has 0 radical (unpaired) electrons. The van der Waals surface area contributed by atoms with Crippen molar-refractivity contribution in [1.29, 1.82) is 0 Å². The summed E-state index contributed by atoms with van der Waals surface area (Å²) < 4.78 is 1.80. The summed E-state index contributed by atoms with van der Waals surface area (Å²) in [5.41, 5.74) is 3.65. The molecule has 4 rings (SSSR count). The molecule has 0 aliphatic rings. The second-order valence-corrected chi connectivity index (χ2v) is 8.23. The van der Waals surface area contributed by atoms with E-state index in [2.05, 4.69) is 34.3 Å². The molecular weight excluding hydrogens is 362 g/mol. The minimum Gasteiger partial charge on any atom is -0.341 e. The molecule has 148 valence electrons. The molecule has 6 heteroatoms. The first-order valence-corrected chi connectivity index (χ1v) is 9.67. The van der Waals surface area contributed by atoms with Gasteiger partial charge in [-0.25, -0.2) is 4.68 Å². The fourth-order valence-corrected chi connectivity index (χ4v) is 3.47. The summed E-state index contributed by atoms with van der Waals surface area (Å²) in [6.07, 6.45) is 1.58. The normalized spacial score (nSPS) is 11.7. The maximum atomic E-state index is 12.6. The van der Waals surface area contributed by atoms with Crippen LogP contribution in [0, 0.1) is 0 Å². The fourth-order valence-electron chi connectivity index (χ4n) is 3.47. The van der Waals surface area contributed by atoms with Gasteiger partial charge in [-0.15, -0.1) is 0 Å². The van der Waals surface area contributed by atoms with Crippen molar-refractivity contribution in [2.24, 2.45) is 0 Å². The van der Waals surface area contributed by atoms with E-state index >= 15 is 0 Å². The van der Waals surface area contributed by atoms with Gasteiger partial charge >= 0.3 is 0 Å². The molecule has 0 unspecified atom stereocenters. The van der Waals surface area contributed by atoms with Crippen LogP contribution in [0.5, 0.6) is 0 Å². The Balaban J connectivity index is 1.73. The smallest absolute Gasteiger partial charge is 0.263 e. The van der Waals surface area contributed by atoms with Crippen LogP contribution in [0.3, 0.4) is 0 Å². The van der Waals surface area contributed by atoms with Crippen LogP contribution in [-0.2, 0) is 12.1 Å². The van der Waals surface area contributed by atoms with Gasteiger partial charge in [-0.2, -0.15) is 10.1 Å². The van der Waals surface area contributed by atoms with Crippen LogP contribution >= 0.6 is 0 Å². The van der Waals surface area contributed by atoms with E-state index in [1.165, 1.54) is 11.1 Å². The predicted molar refractivity (Wildman–Crippen MR) is 117 cm³/mol. The van der Waals surface area contributed by atoms with E-state index in [0.29, 0.717) is 23.5 Å². The van der Waals surface area contributed by atoms with Gasteiger partial charge in [0.2, 0.25) is 5.95 Å². The molecule has 0 amide bonds. The molecule has 0 aliphatic heterocycles. The van der Waals surface area contributed by atoms with Crippen LogP contribution in [0.15, 0.2) is 65.6 Å². The number of aromatic amines is 1. The second-order valence-electron chi connectivity index (χ2n) is 8.23. The van der Waals surface area contributed by atoms with E-state index in [1.54, 1.807) is 10.9 Å². The molecule has 0 spiro atoms. The first-order valence-electron chi connectivity index (χ1n) is 9.67. The van der Waals surface area contributed by atoms with E-state index < -0.39 is 0 Å². The number of nitrogens with zero attached hydrogens (tertiary/aromatic N) is 4. The molecule has 0 bridgehead atoms. The topological polar surface area (TPSA) is 66.8 Å². The monoisotopic (exact) mass is 387 g/mol. The van der Waals surface area contributed by atoms with Gasteiger partial charge in [0.1, 0.15) is 5.39 Å². The van der Waals surface area contributed by atoms with Gasteiger partial charge in [-0.3, -0.25) is 9.78 Å². The Kier molecular flexibility index (Phi) is 4.70. The molecular formula is C23H25N5O. The first-order chi connectivity index (χ1) is 13.8. The number of fused-ring (bicyclic) bond motifs is 1. The Bertz CT molecular complexity index is 1200. The van der Waals surface area contributed by atoms with Crippen molar-refractivity contribution in [3.8, 4) is 11.1 Å². The zero-order valence-corrected chi connectivity index (χ0v) is 17.2. The van der Waals surface area contributed by atoms with Crippen LogP contribution in [0.4, 0.5) is 5.95 Å². The zero-order chi connectivity index (χ0) is 20.6. The summed E-state index contributed by atoms with van der Waals surface area (Å²) in [6.45, 7) is 6.74. The molecule has 0 saturated carbocycles. The lowest BCUT2D eigenvalue weighted by Crippen LogP contribution is -2.26. The SMILES string of the molecule is CN(Cc1ccccc1-c1ccccc1)c1nc2c(cnn2C(C)(C)C)c(=O)[nH]1. The van der Waals surface area contributed by atoms with Crippen LogP contribution in [0.2, 0.25) is 0 Å². The van der Waals surface area contributed by atoms with Gasteiger partial charge in [0.15, 0.2) is 5.65 Å². The zero-order valence-electron chi connectivity index (χ0n) is 17.2. The first kappa shape index (κ1) is 18.9. The third-order valence-corrected chi connectivity index (χ3v) is 4.93. The Hall–Kier alpha value is -3.41. The van der Waals surface area contributed by atoms with E-state index in [9.17, 15) is 4.79 Å². The van der Waals surface area contributed by atoms with Crippen LogP contribution in [0.1, 0.15) is 26.3 Å². The molecule has 4 aromatic rings. The number of H-pyrrole nitrogens is 1. The minimum atomic E-state index is -0.266. The van der Waals surface area contributed by atoms with Gasteiger partial charge in [0.25, 0.3) is 5.56 Å². The average Bonchev–Trinajstić information content (AvgIpc) is 3.14. The van der Waals surface area contributed by atoms with Gasteiger partial charge in [-0.1, -0.05) is 54.6 Å². The molecule has 29 heavy (non-hydrogen) atoms. The highest BCUT2D eigenvalue weighted by Crippen LogP contribution is 2.25. The quantitative estimate of drug-likeness (QED) is 0.570. The Labute approximate surface area is 169 Å². The van der Waals surface area contributed by atoms with Crippen molar-refractivity contribution >= 4 is 17.0 Å². The molecule has 0 atom stereocenters. The van der Waals surface area contributed by atoms with Crippen molar-refractivity contribution in [2.45, 2.75) is 32.9 Å².